The monoisotopic (exact) mass is 224 g/mol. The second-order valence-electron chi connectivity index (χ2n) is 5.81. The smallest absolute Gasteiger partial charge is 0.000966 e. The Hall–Kier alpha value is -0.0800. The molecule has 1 heterocycles. The number of rotatable bonds is 4. The maximum Gasteiger partial charge on any atom is 0.000966 e. The SMILES string of the molecule is CNCC1CCN(CC2CCCCC2)CC1. The summed E-state index contributed by atoms with van der Waals surface area (Å²) in [6, 6.07) is 0. The molecule has 2 aliphatic rings. The van der Waals surface area contributed by atoms with Crippen LogP contribution in [0.15, 0.2) is 0 Å². The summed E-state index contributed by atoms with van der Waals surface area (Å²) < 4.78 is 0. The van der Waals surface area contributed by atoms with E-state index < -0.39 is 0 Å². The van der Waals surface area contributed by atoms with E-state index in [9.17, 15) is 0 Å². The number of hydrogen-bond donors (Lipinski definition) is 1. The van der Waals surface area contributed by atoms with Gasteiger partial charge in [-0.15, -0.1) is 0 Å². The number of nitrogens with one attached hydrogen (secondary N) is 1. The lowest BCUT2D eigenvalue weighted by molar-refractivity contribution is 0.145. The molecule has 0 aromatic carbocycles. The molecule has 2 heteroatoms. The summed E-state index contributed by atoms with van der Waals surface area (Å²) in [5.41, 5.74) is 0. The molecule has 0 aromatic rings. The van der Waals surface area contributed by atoms with E-state index in [0.717, 1.165) is 11.8 Å². The van der Waals surface area contributed by atoms with Gasteiger partial charge in [-0.05, 0) is 64.2 Å². The minimum Gasteiger partial charge on any atom is -0.319 e. The van der Waals surface area contributed by atoms with E-state index in [4.69, 9.17) is 0 Å². The molecule has 2 rings (SSSR count). The Labute approximate surface area is 101 Å². The molecule has 0 unspecified atom stereocenters. The van der Waals surface area contributed by atoms with Crippen molar-refractivity contribution in [1.82, 2.24) is 10.2 Å². The Morgan fingerprint density at radius 2 is 1.62 bits per heavy atom. The van der Waals surface area contributed by atoms with Gasteiger partial charge in [0.2, 0.25) is 0 Å². The van der Waals surface area contributed by atoms with Crippen LogP contribution >= 0.6 is 0 Å². The first-order valence-corrected chi connectivity index (χ1v) is 7.25. The van der Waals surface area contributed by atoms with Crippen molar-refractivity contribution in [2.24, 2.45) is 11.8 Å². The van der Waals surface area contributed by atoms with Crippen molar-refractivity contribution >= 4 is 0 Å². The van der Waals surface area contributed by atoms with E-state index in [1.54, 1.807) is 0 Å². The van der Waals surface area contributed by atoms with Gasteiger partial charge in [0.15, 0.2) is 0 Å². The molecule has 0 amide bonds. The molecule has 2 nitrogen and oxygen atoms in total. The fourth-order valence-corrected chi connectivity index (χ4v) is 3.40. The second kappa shape index (κ2) is 6.61. The number of piperidine rings is 1. The van der Waals surface area contributed by atoms with Crippen molar-refractivity contribution in [3.05, 3.63) is 0 Å². The Kier molecular flexibility index (Phi) is 5.11. The predicted octanol–water partition coefficient (Wildman–Crippen LogP) is 2.50. The standard InChI is InChI=1S/C14H28N2/c1-15-11-13-7-9-16(10-8-13)12-14-5-3-2-4-6-14/h13-15H,2-12H2,1H3. The van der Waals surface area contributed by atoms with Crippen LogP contribution in [-0.2, 0) is 0 Å². The fourth-order valence-electron chi connectivity index (χ4n) is 3.40. The summed E-state index contributed by atoms with van der Waals surface area (Å²) in [7, 11) is 2.08. The third kappa shape index (κ3) is 3.74. The first-order valence-electron chi connectivity index (χ1n) is 7.25. The number of hydrogen-bond acceptors (Lipinski definition) is 2. The largest absolute Gasteiger partial charge is 0.319 e. The maximum atomic E-state index is 3.32. The van der Waals surface area contributed by atoms with E-state index in [0.29, 0.717) is 0 Å². The van der Waals surface area contributed by atoms with Crippen LogP contribution < -0.4 is 5.32 Å². The first-order chi connectivity index (χ1) is 7.88. The van der Waals surface area contributed by atoms with Gasteiger partial charge in [0.25, 0.3) is 0 Å². The van der Waals surface area contributed by atoms with Gasteiger partial charge in [-0.3, -0.25) is 0 Å². The summed E-state index contributed by atoms with van der Waals surface area (Å²) in [6.45, 7) is 5.31. The molecule has 0 bridgehead atoms. The van der Waals surface area contributed by atoms with E-state index in [-0.39, 0.29) is 0 Å². The van der Waals surface area contributed by atoms with Gasteiger partial charge >= 0.3 is 0 Å². The third-order valence-electron chi connectivity index (χ3n) is 4.44. The highest BCUT2D eigenvalue weighted by Gasteiger charge is 2.22. The van der Waals surface area contributed by atoms with Crippen LogP contribution in [-0.4, -0.2) is 38.1 Å². The minimum atomic E-state index is 0.938. The maximum absolute atomic E-state index is 3.32. The lowest BCUT2D eigenvalue weighted by Crippen LogP contribution is -2.39. The van der Waals surface area contributed by atoms with Gasteiger partial charge in [-0.25, -0.2) is 0 Å². The van der Waals surface area contributed by atoms with Gasteiger partial charge in [0.05, 0.1) is 0 Å². The van der Waals surface area contributed by atoms with Crippen LogP contribution in [0, 0.1) is 11.8 Å². The van der Waals surface area contributed by atoms with Crippen LogP contribution in [0.25, 0.3) is 0 Å². The first kappa shape index (κ1) is 12.4. The van der Waals surface area contributed by atoms with Crippen molar-refractivity contribution in [1.29, 1.82) is 0 Å². The molecule has 1 N–H and O–H groups in total. The van der Waals surface area contributed by atoms with Crippen molar-refractivity contribution in [2.75, 3.05) is 33.2 Å². The molecule has 1 saturated heterocycles. The van der Waals surface area contributed by atoms with Gasteiger partial charge in [0, 0.05) is 6.54 Å². The summed E-state index contributed by atoms with van der Waals surface area (Å²) >= 11 is 0. The van der Waals surface area contributed by atoms with Gasteiger partial charge in [0.1, 0.15) is 0 Å². The molecular formula is C14H28N2. The van der Waals surface area contributed by atoms with Crippen molar-refractivity contribution in [3.63, 3.8) is 0 Å². The average Bonchev–Trinajstić information content (AvgIpc) is 2.33. The lowest BCUT2D eigenvalue weighted by Gasteiger charge is -2.35. The summed E-state index contributed by atoms with van der Waals surface area (Å²) in [6.07, 6.45) is 10.3. The van der Waals surface area contributed by atoms with Crippen LogP contribution in [0.1, 0.15) is 44.9 Å². The Morgan fingerprint density at radius 3 is 2.25 bits per heavy atom. The highest BCUT2D eigenvalue weighted by molar-refractivity contribution is 4.76. The molecule has 94 valence electrons. The molecule has 1 aliphatic carbocycles. The predicted molar refractivity (Wildman–Crippen MR) is 69.7 cm³/mol. The Morgan fingerprint density at radius 1 is 0.938 bits per heavy atom. The topological polar surface area (TPSA) is 15.3 Å². The van der Waals surface area contributed by atoms with Crippen molar-refractivity contribution < 1.29 is 0 Å². The molecule has 0 radical (unpaired) electrons. The third-order valence-corrected chi connectivity index (χ3v) is 4.44. The lowest BCUT2D eigenvalue weighted by atomic mass is 9.88. The van der Waals surface area contributed by atoms with Gasteiger partial charge in [-0.2, -0.15) is 0 Å². The van der Waals surface area contributed by atoms with Crippen LogP contribution in [0.5, 0.6) is 0 Å². The molecule has 0 aromatic heterocycles. The molecule has 0 atom stereocenters. The molecular weight excluding hydrogens is 196 g/mol. The molecule has 1 saturated carbocycles. The molecule has 16 heavy (non-hydrogen) atoms. The molecule has 0 spiro atoms. The number of likely N-dealkylation sites (tertiary alicyclic amines) is 1. The van der Waals surface area contributed by atoms with Crippen LogP contribution in [0.2, 0.25) is 0 Å². The summed E-state index contributed by atoms with van der Waals surface area (Å²) in [5, 5.41) is 3.32. The summed E-state index contributed by atoms with van der Waals surface area (Å²) in [5.74, 6) is 1.96. The summed E-state index contributed by atoms with van der Waals surface area (Å²) in [4.78, 5) is 2.72. The van der Waals surface area contributed by atoms with E-state index in [1.165, 1.54) is 71.1 Å². The zero-order valence-electron chi connectivity index (χ0n) is 10.9. The fraction of sp³-hybridized carbons (Fsp3) is 1.00. The zero-order chi connectivity index (χ0) is 11.2. The van der Waals surface area contributed by atoms with Crippen molar-refractivity contribution in [2.45, 2.75) is 44.9 Å². The zero-order valence-corrected chi connectivity index (χ0v) is 10.9. The normalized spacial score (nSPS) is 26.1. The van der Waals surface area contributed by atoms with Crippen LogP contribution in [0.3, 0.4) is 0 Å². The minimum absolute atomic E-state index is 0.938. The number of nitrogens with zero attached hydrogens (tertiary/aromatic N) is 1. The highest BCUT2D eigenvalue weighted by atomic mass is 15.1. The van der Waals surface area contributed by atoms with Crippen molar-refractivity contribution in [3.8, 4) is 0 Å². The van der Waals surface area contributed by atoms with E-state index >= 15 is 0 Å². The molecule has 2 fully saturated rings. The Bertz CT molecular complexity index is 179. The second-order valence-corrected chi connectivity index (χ2v) is 5.81. The quantitative estimate of drug-likeness (QED) is 0.789. The molecule has 1 aliphatic heterocycles. The van der Waals surface area contributed by atoms with E-state index in [1.807, 2.05) is 0 Å². The average molecular weight is 224 g/mol. The van der Waals surface area contributed by atoms with Crippen LogP contribution in [0.4, 0.5) is 0 Å². The van der Waals surface area contributed by atoms with Gasteiger partial charge in [-0.1, -0.05) is 19.3 Å². The van der Waals surface area contributed by atoms with E-state index in [2.05, 4.69) is 17.3 Å². The Balaban J connectivity index is 1.64. The van der Waals surface area contributed by atoms with Gasteiger partial charge < -0.3 is 10.2 Å². The highest BCUT2D eigenvalue weighted by Crippen LogP contribution is 2.26.